The molecule has 2 aromatic rings. The number of nitrogens with one attached hydrogen (secondary N) is 1. The third-order valence-electron chi connectivity index (χ3n) is 5.46. The van der Waals surface area contributed by atoms with Gasteiger partial charge in [0.15, 0.2) is 0 Å². The maximum Gasteiger partial charge on any atom is 0.337 e. The molecule has 1 fully saturated rings. The molecule has 0 saturated carbocycles. The highest BCUT2D eigenvalue weighted by atomic mass is 32.2. The number of thioether (sulfide) groups is 1. The van der Waals surface area contributed by atoms with Crippen molar-refractivity contribution in [1.82, 2.24) is 0 Å². The minimum atomic E-state index is -3.79. The van der Waals surface area contributed by atoms with Crippen molar-refractivity contribution in [3.63, 3.8) is 0 Å². The number of hydrogen-bond donors (Lipinski definition) is 2. The molecule has 1 aliphatic carbocycles. The number of rotatable bonds is 5. The number of benzene rings is 2. The number of carbonyl (C=O) groups is 1. The zero-order valence-electron chi connectivity index (χ0n) is 16.1. The maximum atomic E-state index is 12.9. The smallest absolute Gasteiger partial charge is 0.337 e. The molecule has 6 nitrogen and oxygen atoms in total. The molecule has 29 heavy (non-hydrogen) atoms. The number of anilines is 2. The molecule has 0 amide bonds. The molecule has 2 N–H and O–H groups in total. The largest absolute Gasteiger partial charge is 0.478 e. The Kier molecular flexibility index (Phi) is 5.74. The van der Waals surface area contributed by atoms with Crippen LogP contribution in [0.25, 0.3) is 0 Å². The van der Waals surface area contributed by atoms with Crippen molar-refractivity contribution >= 4 is 39.1 Å². The average molecular weight is 433 g/mol. The van der Waals surface area contributed by atoms with E-state index in [-0.39, 0.29) is 16.1 Å². The van der Waals surface area contributed by atoms with Crippen molar-refractivity contribution in [1.29, 1.82) is 0 Å². The number of aromatic carboxylic acids is 1. The Balaban J connectivity index is 1.61. The average Bonchev–Trinajstić information content (AvgIpc) is 2.73. The molecule has 1 saturated heterocycles. The number of aryl methyl sites for hydroxylation is 2. The van der Waals surface area contributed by atoms with Gasteiger partial charge in [0.1, 0.15) is 0 Å². The van der Waals surface area contributed by atoms with Crippen molar-refractivity contribution in [3.05, 3.63) is 53.1 Å². The summed E-state index contributed by atoms with van der Waals surface area (Å²) in [6.45, 7) is 1.57. The van der Waals surface area contributed by atoms with E-state index in [4.69, 9.17) is 0 Å². The van der Waals surface area contributed by atoms with E-state index in [0.717, 1.165) is 55.8 Å². The van der Waals surface area contributed by atoms with Crippen LogP contribution in [0, 0.1) is 0 Å². The first kappa shape index (κ1) is 20.1. The van der Waals surface area contributed by atoms with Gasteiger partial charge in [0, 0.05) is 30.3 Å². The lowest BCUT2D eigenvalue weighted by molar-refractivity contribution is 0.0697. The summed E-state index contributed by atoms with van der Waals surface area (Å²) >= 11 is 1.85. The summed E-state index contributed by atoms with van der Waals surface area (Å²) in [4.78, 5) is 14.1. The summed E-state index contributed by atoms with van der Waals surface area (Å²) in [5, 5.41) is 9.66. The van der Waals surface area contributed by atoms with Gasteiger partial charge in [-0.05, 0) is 67.1 Å². The number of hydrogen-bond acceptors (Lipinski definition) is 5. The van der Waals surface area contributed by atoms with E-state index in [0.29, 0.717) is 5.69 Å². The number of carboxylic acids is 1. The molecule has 0 bridgehead atoms. The van der Waals surface area contributed by atoms with Gasteiger partial charge in [-0.2, -0.15) is 11.8 Å². The molecule has 154 valence electrons. The minimum absolute atomic E-state index is 0.113. The Morgan fingerprint density at radius 3 is 2.45 bits per heavy atom. The first-order valence-corrected chi connectivity index (χ1v) is 12.4. The van der Waals surface area contributed by atoms with E-state index in [9.17, 15) is 18.3 Å². The van der Waals surface area contributed by atoms with Gasteiger partial charge in [-0.25, -0.2) is 13.2 Å². The number of nitrogens with zero attached hydrogens (tertiary/aromatic N) is 1. The third-order valence-corrected chi connectivity index (χ3v) is 7.78. The second kappa shape index (κ2) is 8.28. The van der Waals surface area contributed by atoms with Crippen LogP contribution in [0.3, 0.4) is 0 Å². The Labute approximate surface area is 175 Å². The second-order valence-corrected chi connectivity index (χ2v) is 10.3. The summed E-state index contributed by atoms with van der Waals surface area (Å²) in [5.41, 5.74) is 3.31. The fourth-order valence-electron chi connectivity index (χ4n) is 3.94. The maximum absolute atomic E-state index is 12.9. The standard InChI is InChI=1S/C21H24N2O4S2/c24-21(25)19-14-17(6-8-20(19)23-9-11-28-12-10-23)22-29(26,27)18-7-5-15-3-1-2-4-16(15)13-18/h5-8,13-14,22H,1-4,9-12H2,(H,24,25). The molecule has 0 aromatic heterocycles. The first-order valence-electron chi connectivity index (χ1n) is 9.79. The van der Waals surface area contributed by atoms with Gasteiger partial charge in [0.05, 0.1) is 16.1 Å². The van der Waals surface area contributed by atoms with Crippen LogP contribution < -0.4 is 9.62 Å². The van der Waals surface area contributed by atoms with Crippen molar-refractivity contribution in [3.8, 4) is 0 Å². The number of carboxylic acid groups (broad SMARTS) is 1. The van der Waals surface area contributed by atoms with Gasteiger partial charge < -0.3 is 10.0 Å². The van der Waals surface area contributed by atoms with Gasteiger partial charge in [-0.3, -0.25) is 4.72 Å². The highest BCUT2D eigenvalue weighted by Crippen LogP contribution is 2.29. The zero-order chi connectivity index (χ0) is 20.4. The normalized spacial score (nSPS) is 16.9. The molecule has 1 heterocycles. The molecule has 2 aromatic carbocycles. The van der Waals surface area contributed by atoms with Crippen LogP contribution in [0.2, 0.25) is 0 Å². The van der Waals surface area contributed by atoms with Gasteiger partial charge in [0.25, 0.3) is 10.0 Å². The number of sulfonamides is 1. The molecule has 0 spiro atoms. The van der Waals surface area contributed by atoms with Gasteiger partial charge in [-0.15, -0.1) is 0 Å². The van der Waals surface area contributed by atoms with E-state index < -0.39 is 16.0 Å². The first-order chi connectivity index (χ1) is 13.9. The minimum Gasteiger partial charge on any atom is -0.478 e. The predicted octanol–water partition coefficient (Wildman–Crippen LogP) is 3.62. The van der Waals surface area contributed by atoms with Crippen molar-refractivity contribution in [2.45, 2.75) is 30.6 Å². The molecule has 0 radical (unpaired) electrons. The van der Waals surface area contributed by atoms with Crippen LogP contribution in [-0.2, 0) is 22.9 Å². The molecule has 0 atom stereocenters. The summed E-state index contributed by atoms with van der Waals surface area (Å²) in [7, 11) is -3.79. The lowest BCUT2D eigenvalue weighted by atomic mass is 9.92. The summed E-state index contributed by atoms with van der Waals surface area (Å²) in [5.74, 6) is 0.838. The predicted molar refractivity (Wildman–Crippen MR) is 117 cm³/mol. The lowest BCUT2D eigenvalue weighted by Crippen LogP contribution is -2.33. The summed E-state index contributed by atoms with van der Waals surface area (Å²) in [6.07, 6.45) is 4.09. The van der Waals surface area contributed by atoms with E-state index >= 15 is 0 Å². The Hall–Kier alpha value is -2.19. The van der Waals surface area contributed by atoms with Crippen molar-refractivity contribution in [2.24, 2.45) is 0 Å². The van der Waals surface area contributed by atoms with E-state index in [2.05, 4.69) is 4.72 Å². The van der Waals surface area contributed by atoms with Crippen LogP contribution in [0.4, 0.5) is 11.4 Å². The van der Waals surface area contributed by atoms with E-state index in [1.807, 2.05) is 22.7 Å². The fraction of sp³-hybridized carbons (Fsp3) is 0.381. The summed E-state index contributed by atoms with van der Waals surface area (Å²) in [6, 6.07) is 10.0. The molecular formula is C21H24N2O4S2. The van der Waals surface area contributed by atoms with E-state index in [1.54, 1.807) is 24.3 Å². The van der Waals surface area contributed by atoms with Crippen LogP contribution in [0.5, 0.6) is 0 Å². The second-order valence-electron chi connectivity index (χ2n) is 7.38. The molecule has 0 unspecified atom stereocenters. The van der Waals surface area contributed by atoms with Gasteiger partial charge in [-0.1, -0.05) is 6.07 Å². The van der Waals surface area contributed by atoms with Crippen molar-refractivity contribution in [2.75, 3.05) is 34.2 Å². The molecule has 1 aliphatic heterocycles. The SMILES string of the molecule is O=C(O)c1cc(NS(=O)(=O)c2ccc3c(c2)CCCC3)ccc1N1CCSCC1. The van der Waals surface area contributed by atoms with Crippen LogP contribution in [-0.4, -0.2) is 44.1 Å². The Morgan fingerprint density at radius 1 is 1.00 bits per heavy atom. The van der Waals surface area contributed by atoms with Gasteiger partial charge >= 0.3 is 5.97 Å². The summed E-state index contributed by atoms with van der Waals surface area (Å²) < 4.78 is 28.3. The zero-order valence-corrected chi connectivity index (χ0v) is 17.7. The van der Waals surface area contributed by atoms with Crippen LogP contribution in [0.15, 0.2) is 41.3 Å². The highest BCUT2D eigenvalue weighted by Gasteiger charge is 2.22. The number of fused-ring (bicyclic) bond motifs is 1. The third kappa shape index (κ3) is 4.38. The monoisotopic (exact) mass is 432 g/mol. The Bertz CT molecular complexity index is 1030. The lowest BCUT2D eigenvalue weighted by Gasteiger charge is -2.29. The molecule has 8 heteroatoms. The fourth-order valence-corrected chi connectivity index (χ4v) is 5.94. The Morgan fingerprint density at radius 2 is 1.72 bits per heavy atom. The van der Waals surface area contributed by atoms with E-state index in [1.165, 1.54) is 11.6 Å². The molecule has 4 rings (SSSR count). The van der Waals surface area contributed by atoms with Crippen molar-refractivity contribution < 1.29 is 18.3 Å². The van der Waals surface area contributed by atoms with Crippen LogP contribution in [0.1, 0.15) is 34.3 Å². The topological polar surface area (TPSA) is 86.7 Å². The van der Waals surface area contributed by atoms with Gasteiger partial charge in [0.2, 0.25) is 0 Å². The van der Waals surface area contributed by atoms with Crippen LogP contribution >= 0.6 is 11.8 Å². The molecular weight excluding hydrogens is 408 g/mol. The quantitative estimate of drug-likeness (QED) is 0.751. The highest BCUT2D eigenvalue weighted by molar-refractivity contribution is 7.99. The molecule has 2 aliphatic rings.